The zero-order valence-corrected chi connectivity index (χ0v) is 9.35. The summed E-state index contributed by atoms with van der Waals surface area (Å²) in [5.41, 5.74) is 2.10. The van der Waals surface area contributed by atoms with Crippen LogP contribution in [-0.2, 0) is 4.79 Å². The summed E-state index contributed by atoms with van der Waals surface area (Å²) in [5, 5.41) is 0. The summed E-state index contributed by atoms with van der Waals surface area (Å²) in [4.78, 5) is 11.7. The molecule has 0 aromatic rings. The second kappa shape index (κ2) is 5.00. The fourth-order valence-electron chi connectivity index (χ4n) is 1.16. The molecule has 0 bridgehead atoms. The van der Waals surface area contributed by atoms with Gasteiger partial charge in [-0.25, -0.2) is 0 Å². The molecule has 0 rings (SSSR count). The van der Waals surface area contributed by atoms with E-state index in [1.54, 1.807) is 0 Å². The second-order valence-corrected chi connectivity index (χ2v) is 4.13. The van der Waals surface area contributed by atoms with Crippen molar-refractivity contribution in [3.63, 3.8) is 0 Å². The van der Waals surface area contributed by atoms with Gasteiger partial charge in [-0.05, 0) is 20.8 Å². The Morgan fingerprint density at radius 1 is 1.23 bits per heavy atom. The summed E-state index contributed by atoms with van der Waals surface area (Å²) in [6.45, 7) is 13.6. The molecule has 0 aliphatic carbocycles. The zero-order chi connectivity index (χ0) is 10.6. The minimum atomic E-state index is -0.0926. The van der Waals surface area contributed by atoms with Gasteiger partial charge in [0.15, 0.2) is 0 Å². The largest absolute Gasteiger partial charge is 0.298 e. The molecule has 13 heavy (non-hydrogen) atoms. The predicted molar refractivity (Wildman–Crippen MR) is 57.6 cm³/mol. The summed E-state index contributed by atoms with van der Waals surface area (Å²) in [6, 6.07) is 0. The van der Waals surface area contributed by atoms with Gasteiger partial charge in [0.2, 0.25) is 0 Å². The zero-order valence-electron chi connectivity index (χ0n) is 9.35. The predicted octanol–water partition coefficient (Wildman–Crippen LogP) is 3.37. The van der Waals surface area contributed by atoms with Crippen molar-refractivity contribution in [3.8, 4) is 0 Å². The number of hydrogen-bond donors (Lipinski definition) is 0. The van der Waals surface area contributed by atoms with Crippen LogP contribution in [0.25, 0.3) is 0 Å². The van der Waals surface area contributed by atoms with Crippen molar-refractivity contribution in [1.82, 2.24) is 0 Å². The van der Waals surface area contributed by atoms with Gasteiger partial charge >= 0.3 is 0 Å². The lowest BCUT2D eigenvalue weighted by Gasteiger charge is -2.14. The van der Waals surface area contributed by atoms with Crippen molar-refractivity contribution in [2.45, 2.75) is 34.6 Å². The number of Topliss-reactive ketones (excluding diaryl/α,β-unsaturated/α-hetero) is 1. The van der Waals surface area contributed by atoms with Crippen LogP contribution in [0.15, 0.2) is 23.8 Å². The van der Waals surface area contributed by atoms with Crippen LogP contribution < -0.4 is 0 Å². The average Bonchev–Trinajstić information content (AvgIpc) is 1.97. The van der Waals surface area contributed by atoms with Crippen molar-refractivity contribution >= 4 is 5.78 Å². The Morgan fingerprint density at radius 3 is 1.92 bits per heavy atom. The number of carbonyl (C=O) groups is 1. The van der Waals surface area contributed by atoms with Crippen LogP contribution in [0.2, 0.25) is 0 Å². The van der Waals surface area contributed by atoms with E-state index in [1.807, 2.05) is 40.7 Å². The smallest absolute Gasteiger partial charge is 0.146 e. The van der Waals surface area contributed by atoms with E-state index in [4.69, 9.17) is 0 Å². The van der Waals surface area contributed by atoms with Gasteiger partial charge in [-0.15, -0.1) is 0 Å². The van der Waals surface area contributed by atoms with Gasteiger partial charge in [0.25, 0.3) is 0 Å². The third-order valence-corrected chi connectivity index (χ3v) is 1.91. The maximum atomic E-state index is 11.7. The maximum absolute atomic E-state index is 11.7. The van der Waals surface area contributed by atoms with E-state index >= 15 is 0 Å². The summed E-state index contributed by atoms with van der Waals surface area (Å²) in [7, 11) is 0. The molecule has 74 valence electrons. The molecule has 0 N–H and O–H groups in total. The fraction of sp³-hybridized carbons (Fsp3) is 0.583. The molecule has 0 amide bonds. The van der Waals surface area contributed by atoms with E-state index in [0.717, 1.165) is 5.57 Å². The van der Waals surface area contributed by atoms with Crippen LogP contribution in [0.4, 0.5) is 0 Å². The first-order chi connectivity index (χ1) is 5.86. The van der Waals surface area contributed by atoms with E-state index in [1.165, 1.54) is 5.57 Å². The molecule has 0 fully saturated rings. The Hall–Kier alpha value is -0.850. The quantitative estimate of drug-likeness (QED) is 0.606. The first kappa shape index (κ1) is 12.2. The van der Waals surface area contributed by atoms with Gasteiger partial charge < -0.3 is 0 Å². The third-order valence-electron chi connectivity index (χ3n) is 1.91. The van der Waals surface area contributed by atoms with Crippen molar-refractivity contribution in [1.29, 1.82) is 0 Å². The van der Waals surface area contributed by atoms with Crippen molar-refractivity contribution in [3.05, 3.63) is 23.8 Å². The second-order valence-electron chi connectivity index (χ2n) is 4.13. The molecule has 0 aromatic carbocycles. The van der Waals surface area contributed by atoms with Crippen LogP contribution in [-0.4, -0.2) is 5.78 Å². The Morgan fingerprint density at radius 2 is 1.69 bits per heavy atom. The molecule has 1 nitrogen and oxygen atoms in total. The molecule has 0 saturated heterocycles. The van der Waals surface area contributed by atoms with Crippen molar-refractivity contribution in [2.24, 2.45) is 11.8 Å². The monoisotopic (exact) mass is 180 g/mol. The number of ketones is 1. The van der Waals surface area contributed by atoms with E-state index in [-0.39, 0.29) is 17.6 Å². The van der Waals surface area contributed by atoms with Crippen molar-refractivity contribution < 1.29 is 4.79 Å². The molecule has 1 heteroatoms. The highest BCUT2D eigenvalue weighted by molar-refractivity contribution is 5.86. The SMILES string of the molecule is C=C(C)C(C=C(C)C)C(=O)C(C)C. The highest BCUT2D eigenvalue weighted by Crippen LogP contribution is 2.17. The molecule has 0 aliphatic rings. The van der Waals surface area contributed by atoms with Gasteiger partial charge in [-0.1, -0.05) is 37.6 Å². The van der Waals surface area contributed by atoms with E-state index < -0.39 is 0 Å². The normalized spacial score (nSPS) is 12.5. The summed E-state index contributed by atoms with van der Waals surface area (Å²) in [6.07, 6.45) is 1.99. The number of allylic oxidation sites excluding steroid dienone is 3. The van der Waals surface area contributed by atoms with Gasteiger partial charge in [-0.3, -0.25) is 4.79 Å². The molecule has 1 atom stereocenters. The van der Waals surface area contributed by atoms with Crippen molar-refractivity contribution in [2.75, 3.05) is 0 Å². The number of carbonyl (C=O) groups excluding carboxylic acids is 1. The molecule has 0 heterocycles. The average molecular weight is 180 g/mol. The van der Waals surface area contributed by atoms with E-state index in [0.29, 0.717) is 0 Å². The van der Waals surface area contributed by atoms with Crippen LogP contribution in [0.3, 0.4) is 0 Å². The van der Waals surface area contributed by atoms with E-state index in [2.05, 4.69) is 6.58 Å². The molecule has 0 saturated carbocycles. The lowest BCUT2D eigenvalue weighted by atomic mass is 9.89. The van der Waals surface area contributed by atoms with E-state index in [9.17, 15) is 4.79 Å². The molecule has 1 unspecified atom stereocenters. The van der Waals surface area contributed by atoms with Crippen LogP contribution in [0.1, 0.15) is 34.6 Å². The highest BCUT2D eigenvalue weighted by atomic mass is 16.1. The molecular formula is C12H20O. The maximum Gasteiger partial charge on any atom is 0.146 e. The topological polar surface area (TPSA) is 17.1 Å². The van der Waals surface area contributed by atoms with Gasteiger partial charge in [-0.2, -0.15) is 0 Å². The molecule has 0 radical (unpaired) electrons. The molecule has 0 spiro atoms. The Labute approximate surface area is 81.5 Å². The van der Waals surface area contributed by atoms with Crippen LogP contribution in [0.5, 0.6) is 0 Å². The summed E-state index contributed by atoms with van der Waals surface area (Å²) in [5.74, 6) is 0.246. The van der Waals surface area contributed by atoms with Gasteiger partial charge in [0, 0.05) is 5.92 Å². The Kier molecular flexibility index (Phi) is 4.68. The first-order valence-electron chi connectivity index (χ1n) is 4.70. The lowest BCUT2D eigenvalue weighted by Crippen LogP contribution is -2.19. The van der Waals surface area contributed by atoms with Crippen LogP contribution in [0, 0.1) is 11.8 Å². The van der Waals surface area contributed by atoms with Gasteiger partial charge in [0.05, 0.1) is 5.92 Å². The summed E-state index contributed by atoms with van der Waals surface area (Å²) >= 11 is 0. The number of hydrogen-bond acceptors (Lipinski definition) is 1. The lowest BCUT2D eigenvalue weighted by molar-refractivity contribution is -0.123. The Bertz CT molecular complexity index is 230. The van der Waals surface area contributed by atoms with Crippen LogP contribution >= 0.6 is 0 Å². The minimum absolute atomic E-state index is 0.0808. The Balaban J connectivity index is 4.73. The first-order valence-corrected chi connectivity index (χ1v) is 4.70. The highest BCUT2D eigenvalue weighted by Gasteiger charge is 2.19. The molecule has 0 aromatic heterocycles. The molecular weight excluding hydrogens is 160 g/mol. The fourth-order valence-corrected chi connectivity index (χ4v) is 1.16. The standard InChI is InChI=1S/C12H20O/c1-8(2)7-11(9(3)4)12(13)10(5)6/h7,10-11H,3H2,1-2,4-6H3. The van der Waals surface area contributed by atoms with Gasteiger partial charge in [0.1, 0.15) is 5.78 Å². The molecule has 0 aliphatic heterocycles. The number of rotatable bonds is 4. The third kappa shape index (κ3) is 4.07. The summed E-state index contributed by atoms with van der Waals surface area (Å²) < 4.78 is 0. The minimum Gasteiger partial charge on any atom is -0.298 e.